The summed E-state index contributed by atoms with van der Waals surface area (Å²) in [6, 6.07) is 0. The first-order valence-electron chi connectivity index (χ1n) is 12.3. The Balaban J connectivity index is 2.12. The van der Waals surface area contributed by atoms with E-state index in [4.69, 9.17) is 29.3 Å². The molecule has 3 heterocycles. The third-order valence-corrected chi connectivity index (χ3v) is 18.1. The van der Waals surface area contributed by atoms with E-state index in [-0.39, 0.29) is 22.2 Å². The predicted molar refractivity (Wildman–Crippen MR) is 138 cm³/mol. The zero-order valence-corrected chi connectivity index (χ0v) is 24.9. The molecule has 0 aromatic carbocycles. The van der Waals surface area contributed by atoms with Crippen molar-refractivity contribution in [1.29, 1.82) is 0 Å². The van der Waals surface area contributed by atoms with Crippen molar-refractivity contribution in [2.24, 2.45) is 14.1 Å². The number of alkyl halides is 1. The van der Waals surface area contributed by atoms with Gasteiger partial charge in [-0.05, 0) is 22.2 Å². The van der Waals surface area contributed by atoms with Crippen LogP contribution in [0.4, 0.5) is 0 Å². The third kappa shape index (κ3) is 4.44. The molecule has 0 N–H and O–H groups in total. The molecule has 0 amide bonds. The molecule has 0 radical (unpaired) electrons. The molecule has 0 spiro atoms. The number of aryl methyl sites for hydroxylation is 1. The number of fused-ring (bicyclic) bond motifs is 1. The summed E-state index contributed by atoms with van der Waals surface area (Å²) in [6.45, 7) is 17.6. The lowest BCUT2D eigenvalue weighted by atomic mass is 10.1. The van der Waals surface area contributed by atoms with Crippen LogP contribution in [0, 0.1) is 0 Å². The lowest BCUT2D eigenvalue weighted by Crippen LogP contribution is -2.65. The fourth-order valence-corrected chi connectivity index (χ4v) is 17.1. The van der Waals surface area contributed by atoms with Gasteiger partial charge in [-0.25, -0.2) is 4.79 Å². The van der Waals surface area contributed by atoms with Crippen LogP contribution in [0.5, 0.6) is 0 Å². The van der Waals surface area contributed by atoms with Crippen LogP contribution < -0.4 is 11.2 Å². The first-order valence-corrected chi connectivity index (χ1v) is 16.7. The SMILES string of the molecule is CC(C)[Si]1(C(C)C)OC[C@H]2O[C@@H](c3cn(C)c(=O)n(C)c3=O)[C@H](Cl)[C@@H]2O[Si](C(C)C)(C(C)C)O1. The monoisotopic (exact) mass is 532 g/mol. The largest absolute Gasteiger partial charge is 0.414 e. The highest BCUT2D eigenvalue weighted by Gasteiger charge is 2.61. The van der Waals surface area contributed by atoms with E-state index in [1.54, 1.807) is 7.05 Å². The summed E-state index contributed by atoms with van der Waals surface area (Å²) in [6.07, 6.45) is -0.120. The summed E-state index contributed by atoms with van der Waals surface area (Å²) in [4.78, 5) is 25.2. The molecule has 1 aromatic rings. The summed E-state index contributed by atoms with van der Waals surface area (Å²) in [5.74, 6) is 0. The van der Waals surface area contributed by atoms with Crippen molar-refractivity contribution in [3.63, 3.8) is 0 Å². The van der Waals surface area contributed by atoms with Crippen molar-refractivity contribution in [1.82, 2.24) is 9.13 Å². The van der Waals surface area contributed by atoms with Crippen LogP contribution in [0.2, 0.25) is 22.2 Å². The third-order valence-electron chi connectivity index (χ3n) is 7.40. The Morgan fingerprint density at radius 3 is 1.97 bits per heavy atom. The van der Waals surface area contributed by atoms with E-state index >= 15 is 0 Å². The van der Waals surface area contributed by atoms with Crippen molar-refractivity contribution >= 4 is 28.7 Å². The average Bonchev–Trinajstić information content (AvgIpc) is 3.03. The van der Waals surface area contributed by atoms with Crippen LogP contribution in [0.25, 0.3) is 0 Å². The molecule has 2 saturated heterocycles. The molecular formula is C23H41ClN2O6Si2. The van der Waals surface area contributed by atoms with E-state index in [1.165, 1.54) is 17.8 Å². The molecule has 4 atom stereocenters. The molecule has 0 saturated carbocycles. The molecule has 0 aliphatic carbocycles. The molecule has 2 fully saturated rings. The van der Waals surface area contributed by atoms with Gasteiger partial charge in [-0.3, -0.25) is 9.36 Å². The highest BCUT2D eigenvalue weighted by molar-refractivity contribution is 6.84. The van der Waals surface area contributed by atoms with Crippen molar-refractivity contribution in [3.05, 3.63) is 32.6 Å². The van der Waals surface area contributed by atoms with Gasteiger partial charge in [-0.2, -0.15) is 0 Å². The number of hydrogen-bond acceptors (Lipinski definition) is 6. The molecule has 0 unspecified atom stereocenters. The number of nitrogens with zero attached hydrogens (tertiary/aromatic N) is 2. The number of hydrogen-bond donors (Lipinski definition) is 0. The van der Waals surface area contributed by atoms with Gasteiger partial charge in [0.1, 0.15) is 12.2 Å². The Kier molecular flexibility index (Phi) is 8.14. The van der Waals surface area contributed by atoms with Gasteiger partial charge in [-0.1, -0.05) is 55.4 Å². The summed E-state index contributed by atoms with van der Waals surface area (Å²) >= 11 is 7.00. The number of ether oxygens (including phenoxy) is 1. The van der Waals surface area contributed by atoms with E-state index < -0.39 is 52.1 Å². The Hall–Kier alpha value is -0.756. The minimum absolute atomic E-state index is 0.160. The molecule has 0 bridgehead atoms. The van der Waals surface area contributed by atoms with Crippen LogP contribution in [0.15, 0.2) is 15.8 Å². The lowest BCUT2D eigenvalue weighted by molar-refractivity contribution is -0.0390. The van der Waals surface area contributed by atoms with Crippen molar-refractivity contribution < 1.29 is 17.7 Å². The Morgan fingerprint density at radius 2 is 1.47 bits per heavy atom. The number of rotatable bonds is 5. The topological polar surface area (TPSA) is 80.9 Å². The maximum absolute atomic E-state index is 13.0. The zero-order chi connectivity index (χ0) is 25.7. The molecule has 34 heavy (non-hydrogen) atoms. The minimum Gasteiger partial charge on any atom is -0.414 e. The maximum atomic E-state index is 13.0. The first kappa shape index (κ1) is 27.8. The molecule has 194 valence electrons. The van der Waals surface area contributed by atoms with E-state index in [2.05, 4.69) is 55.4 Å². The molecule has 2 aliphatic heterocycles. The fourth-order valence-electron chi connectivity index (χ4n) is 5.41. The highest BCUT2D eigenvalue weighted by Crippen LogP contribution is 2.49. The number of halogens is 1. The van der Waals surface area contributed by atoms with Gasteiger partial charge in [0.25, 0.3) is 5.56 Å². The maximum Gasteiger partial charge on any atom is 0.335 e. The second-order valence-electron chi connectivity index (χ2n) is 10.9. The molecule has 1 aromatic heterocycles. The van der Waals surface area contributed by atoms with Gasteiger partial charge in [0, 0.05) is 20.3 Å². The van der Waals surface area contributed by atoms with Gasteiger partial charge >= 0.3 is 22.8 Å². The van der Waals surface area contributed by atoms with Gasteiger partial charge < -0.3 is 22.3 Å². The van der Waals surface area contributed by atoms with E-state index in [0.29, 0.717) is 12.2 Å². The fraction of sp³-hybridized carbons (Fsp3) is 0.826. The summed E-state index contributed by atoms with van der Waals surface area (Å²) in [5.41, 5.74) is 0.301. The standard InChI is InChI=1S/C23H41ClN2O6Si2/c1-13(2)33(14(3)4)29-12-18-21(31-34(32-33,15(5)6)16(7)8)19(24)20(30-18)17-11-25(9)23(28)26(10)22(17)27/h11,13-16,18-21H,12H2,1-10H3/t18-,19+,20+,21-/m1/s1. The van der Waals surface area contributed by atoms with Gasteiger partial charge in [-0.15, -0.1) is 11.6 Å². The molecule has 11 heteroatoms. The van der Waals surface area contributed by atoms with E-state index in [1.807, 2.05) is 0 Å². The quantitative estimate of drug-likeness (QED) is 0.419. The van der Waals surface area contributed by atoms with Crippen LogP contribution in [0.3, 0.4) is 0 Å². The summed E-state index contributed by atoms with van der Waals surface area (Å²) < 4.78 is 29.8. The summed E-state index contributed by atoms with van der Waals surface area (Å²) in [7, 11) is -2.47. The summed E-state index contributed by atoms with van der Waals surface area (Å²) in [5, 5.41) is -0.626. The van der Waals surface area contributed by atoms with Gasteiger partial charge in [0.15, 0.2) is 0 Å². The minimum atomic E-state index is -2.85. The van der Waals surface area contributed by atoms with Gasteiger partial charge in [0.05, 0.1) is 23.7 Å². The van der Waals surface area contributed by atoms with Crippen molar-refractivity contribution in [3.8, 4) is 0 Å². The van der Waals surface area contributed by atoms with Crippen LogP contribution in [-0.4, -0.2) is 50.4 Å². The van der Waals surface area contributed by atoms with Crippen LogP contribution in [0.1, 0.15) is 67.1 Å². The highest BCUT2D eigenvalue weighted by atomic mass is 35.5. The zero-order valence-electron chi connectivity index (χ0n) is 22.1. The smallest absolute Gasteiger partial charge is 0.335 e. The first-order chi connectivity index (χ1) is 15.7. The average molecular weight is 533 g/mol. The normalized spacial score (nSPS) is 29.0. The van der Waals surface area contributed by atoms with Crippen LogP contribution >= 0.6 is 11.6 Å². The Bertz CT molecular complexity index is 992. The van der Waals surface area contributed by atoms with Crippen LogP contribution in [-0.2, 0) is 31.8 Å². The van der Waals surface area contributed by atoms with Gasteiger partial charge in [0.2, 0.25) is 0 Å². The number of aromatic nitrogens is 2. The second kappa shape index (κ2) is 9.95. The predicted octanol–water partition coefficient (Wildman–Crippen LogP) is 4.09. The lowest BCUT2D eigenvalue weighted by Gasteiger charge is -2.51. The van der Waals surface area contributed by atoms with E-state index in [0.717, 1.165) is 4.57 Å². The second-order valence-corrected chi connectivity index (χ2v) is 20.3. The van der Waals surface area contributed by atoms with Crippen molar-refractivity contribution in [2.45, 2.75) is 101 Å². The van der Waals surface area contributed by atoms with E-state index in [9.17, 15) is 9.59 Å². The molecule has 3 rings (SSSR count). The van der Waals surface area contributed by atoms with Crippen molar-refractivity contribution in [2.75, 3.05) is 6.61 Å². The Morgan fingerprint density at radius 1 is 0.941 bits per heavy atom. The molecule has 2 aliphatic rings. The molecular weight excluding hydrogens is 492 g/mol. The molecule has 8 nitrogen and oxygen atoms in total. The Labute approximate surface area is 210 Å².